The van der Waals surface area contributed by atoms with Crippen molar-refractivity contribution in [2.45, 2.75) is 37.7 Å². The maximum absolute atomic E-state index is 10.2. The van der Waals surface area contributed by atoms with Crippen molar-refractivity contribution >= 4 is 17.1 Å². The summed E-state index contributed by atoms with van der Waals surface area (Å²) in [4.78, 5) is 0. The molecule has 2 heterocycles. The molecule has 128 valence electrons. The first kappa shape index (κ1) is 16.1. The fourth-order valence-corrected chi connectivity index (χ4v) is 3.67. The lowest BCUT2D eigenvalue weighted by Crippen LogP contribution is -2.34. The molecule has 3 unspecified atom stereocenters. The molecular formula is C21H22N2O2. The Bertz CT molecular complexity index is 872. The van der Waals surface area contributed by atoms with Crippen molar-refractivity contribution < 1.29 is 9.84 Å². The summed E-state index contributed by atoms with van der Waals surface area (Å²) in [5.74, 6) is 0. The number of ether oxygens (including phenoxy) is 1. The van der Waals surface area contributed by atoms with E-state index >= 15 is 0 Å². The van der Waals surface area contributed by atoms with E-state index < -0.39 is 6.10 Å². The van der Waals surface area contributed by atoms with Gasteiger partial charge in [-0.05, 0) is 23.6 Å². The van der Waals surface area contributed by atoms with Gasteiger partial charge >= 0.3 is 0 Å². The SMILES string of the molecule is N=CC1CC(O)CC(n2cc(Cc3ccccc3)c3ccccc32)O1. The lowest BCUT2D eigenvalue weighted by atomic mass is 10.0. The predicted octanol–water partition coefficient (Wildman–Crippen LogP) is 3.92. The number of hydrogen-bond donors (Lipinski definition) is 2. The van der Waals surface area contributed by atoms with E-state index in [1.807, 2.05) is 12.1 Å². The Morgan fingerprint density at radius 3 is 2.64 bits per heavy atom. The van der Waals surface area contributed by atoms with E-state index in [4.69, 9.17) is 10.1 Å². The maximum Gasteiger partial charge on any atom is 0.137 e. The van der Waals surface area contributed by atoms with E-state index in [2.05, 4.69) is 53.2 Å². The zero-order valence-corrected chi connectivity index (χ0v) is 14.0. The molecule has 2 aromatic carbocycles. The van der Waals surface area contributed by atoms with E-state index in [-0.39, 0.29) is 12.3 Å². The fourth-order valence-electron chi connectivity index (χ4n) is 3.67. The summed E-state index contributed by atoms with van der Waals surface area (Å²) >= 11 is 0. The summed E-state index contributed by atoms with van der Waals surface area (Å²) in [6.45, 7) is 0. The molecule has 0 radical (unpaired) electrons. The highest BCUT2D eigenvalue weighted by Gasteiger charge is 2.29. The molecule has 3 aromatic rings. The number of aliphatic hydroxyl groups excluding tert-OH is 1. The molecule has 1 fully saturated rings. The van der Waals surface area contributed by atoms with Crippen LogP contribution in [0.25, 0.3) is 10.9 Å². The normalized spacial score (nSPS) is 23.6. The van der Waals surface area contributed by atoms with Gasteiger partial charge in [0.15, 0.2) is 0 Å². The van der Waals surface area contributed by atoms with Crippen molar-refractivity contribution in [1.29, 1.82) is 5.41 Å². The summed E-state index contributed by atoms with van der Waals surface area (Å²) in [6.07, 6.45) is 4.32. The Hall–Kier alpha value is -2.43. The topological polar surface area (TPSA) is 58.2 Å². The van der Waals surface area contributed by atoms with Crippen LogP contribution in [0.5, 0.6) is 0 Å². The number of aliphatic hydroxyl groups is 1. The molecule has 4 rings (SSSR count). The molecule has 0 bridgehead atoms. The van der Waals surface area contributed by atoms with E-state index in [1.165, 1.54) is 22.7 Å². The minimum absolute atomic E-state index is 0.246. The largest absolute Gasteiger partial charge is 0.393 e. The predicted molar refractivity (Wildman–Crippen MR) is 99.1 cm³/mol. The van der Waals surface area contributed by atoms with Crippen molar-refractivity contribution in [3.8, 4) is 0 Å². The van der Waals surface area contributed by atoms with Gasteiger partial charge in [0.25, 0.3) is 0 Å². The Labute approximate surface area is 147 Å². The molecule has 1 saturated heterocycles. The number of para-hydroxylation sites is 1. The molecule has 4 heteroatoms. The second-order valence-electron chi connectivity index (χ2n) is 6.66. The summed E-state index contributed by atoms with van der Waals surface area (Å²) in [5, 5.41) is 18.9. The molecule has 0 aliphatic carbocycles. The monoisotopic (exact) mass is 334 g/mol. The molecule has 3 atom stereocenters. The molecule has 25 heavy (non-hydrogen) atoms. The second-order valence-corrected chi connectivity index (χ2v) is 6.66. The first-order chi connectivity index (χ1) is 12.2. The van der Waals surface area contributed by atoms with Crippen molar-refractivity contribution in [2.75, 3.05) is 0 Å². The third-order valence-corrected chi connectivity index (χ3v) is 4.87. The first-order valence-electron chi connectivity index (χ1n) is 8.71. The number of benzene rings is 2. The molecule has 4 nitrogen and oxygen atoms in total. The van der Waals surface area contributed by atoms with Crippen LogP contribution < -0.4 is 0 Å². The minimum atomic E-state index is -0.441. The molecule has 1 aliphatic heterocycles. The van der Waals surface area contributed by atoms with Gasteiger partial charge in [0, 0.05) is 30.6 Å². The van der Waals surface area contributed by atoms with Gasteiger partial charge in [0.2, 0.25) is 0 Å². The van der Waals surface area contributed by atoms with Crippen LogP contribution in [0.4, 0.5) is 0 Å². The van der Waals surface area contributed by atoms with Crippen molar-refractivity contribution in [3.05, 3.63) is 71.9 Å². The molecule has 1 aromatic heterocycles. The average molecular weight is 334 g/mol. The van der Waals surface area contributed by atoms with Crippen LogP contribution in [0.2, 0.25) is 0 Å². The minimum Gasteiger partial charge on any atom is -0.393 e. The molecule has 0 spiro atoms. The van der Waals surface area contributed by atoms with E-state index in [0.717, 1.165) is 11.9 Å². The number of nitrogens with zero attached hydrogens (tertiary/aromatic N) is 1. The maximum atomic E-state index is 10.2. The summed E-state index contributed by atoms with van der Waals surface area (Å²) in [5.41, 5.74) is 3.63. The van der Waals surface area contributed by atoms with Crippen LogP contribution >= 0.6 is 0 Å². The molecule has 0 amide bonds. The number of fused-ring (bicyclic) bond motifs is 1. The quantitative estimate of drug-likeness (QED) is 0.711. The highest BCUT2D eigenvalue weighted by Crippen LogP contribution is 2.32. The van der Waals surface area contributed by atoms with Crippen LogP contribution in [0.3, 0.4) is 0 Å². The number of nitrogens with one attached hydrogen (secondary N) is 1. The molecule has 0 saturated carbocycles. The summed E-state index contributed by atoms with van der Waals surface area (Å²) in [7, 11) is 0. The Balaban J connectivity index is 1.73. The zero-order valence-electron chi connectivity index (χ0n) is 14.0. The van der Waals surface area contributed by atoms with Crippen LogP contribution in [0, 0.1) is 5.41 Å². The Morgan fingerprint density at radius 1 is 1.08 bits per heavy atom. The standard InChI is InChI=1S/C21H22N2O2/c22-13-18-11-17(24)12-21(25-18)23-14-16(10-15-6-2-1-3-7-15)19-8-4-5-9-20(19)23/h1-9,13-14,17-18,21-22,24H,10-12H2. The van der Waals surface area contributed by atoms with Gasteiger partial charge in [-0.2, -0.15) is 0 Å². The van der Waals surface area contributed by atoms with Gasteiger partial charge in [-0.1, -0.05) is 48.5 Å². The highest BCUT2D eigenvalue weighted by atomic mass is 16.5. The number of rotatable bonds is 4. The second kappa shape index (κ2) is 6.82. The van der Waals surface area contributed by atoms with Gasteiger partial charge in [0.05, 0.1) is 17.7 Å². The van der Waals surface area contributed by atoms with Crippen molar-refractivity contribution in [2.24, 2.45) is 0 Å². The van der Waals surface area contributed by atoms with Crippen LogP contribution in [0.15, 0.2) is 60.8 Å². The van der Waals surface area contributed by atoms with Gasteiger partial charge in [0.1, 0.15) is 6.23 Å². The van der Waals surface area contributed by atoms with E-state index in [9.17, 15) is 5.11 Å². The van der Waals surface area contributed by atoms with Crippen LogP contribution in [0.1, 0.15) is 30.2 Å². The smallest absolute Gasteiger partial charge is 0.137 e. The number of hydrogen-bond acceptors (Lipinski definition) is 3. The summed E-state index contributed by atoms with van der Waals surface area (Å²) in [6, 6.07) is 18.7. The van der Waals surface area contributed by atoms with Crippen LogP contribution in [-0.2, 0) is 11.2 Å². The van der Waals surface area contributed by atoms with E-state index in [0.29, 0.717) is 12.8 Å². The fraction of sp³-hybridized carbons (Fsp3) is 0.286. The van der Waals surface area contributed by atoms with Gasteiger partial charge < -0.3 is 19.8 Å². The summed E-state index contributed by atoms with van der Waals surface area (Å²) < 4.78 is 8.14. The Kier molecular flexibility index (Phi) is 4.38. The van der Waals surface area contributed by atoms with E-state index in [1.54, 1.807) is 0 Å². The third-order valence-electron chi connectivity index (χ3n) is 4.87. The van der Waals surface area contributed by atoms with Crippen LogP contribution in [-0.4, -0.2) is 28.1 Å². The molecular weight excluding hydrogens is 312 g/mol. The Morgan fingerprint density at radius 2 is 1.84 bits per heavy atom. The zero-order chi connectivity index (χ0) is 17.2. The lowest BCUT2D eigenvalue weighted by molar-refractivity contribution is -0.0998. The third kappa shape index (κ3) is 3.23. The lowest BCUT2D eigenvalue weighted by Gasteiger charge is -2.32. The molecule has 1 aliphatic rings. The van der Waals surface area contributed by atoms with Gasteiger partial charge in [-0.25, -0.2) is 0 Å². The highest BCUT2D eigenvalue weighted by molar-refractivity contribution is 5.84. The van der Waals surface area contributed by atoms with Gasteiger partial charge in [-0.15, -0.1) is 0 Å². The average Bonchev–Trinajstić information content (AvgIpc) is 3.01. The van der Waals surface area contributed by atoms with Gasteiger partial charge in [-0.3, -0.25) is 0 Å². The first-order valence-corrected chi connectivity index (χ1v) is 8.71. The number of aromatic nitrogens is 1. The molecule has 2 N–H and O–H groups in total. The van der Waals surface area contributed by atoms with Crippen molar-refractivity contribution in [3.63, 3.8) is 0 Å². The van der Waals surface area contributed by atoms with Crippen molar-refractivity contribution in [1.82, 2.24) is 4.57 Å².